The van der Waals surface area contributed by atoms with Crippen LogP contribution in [-0.4, -0.2) is 37.3 Å². The van der Waals surface area contributed by atoms with Gasteiger partial charge in [-0.25, -0.2) is 0 Å². The maximum Gasteiger partial charge on any atom is 0.123 e. The van der Waals surface area contributed by atoms with Crippen LogP contribution in [0.3, 0.4) is 0 Å². The van der Waals surface area contributed by atoms with Gasteiger partial charge in [-0.3, -0.25) is 0 Å². The van der Waals surface area contributed by atoms with Crippen molar-refractivity contribution in [2.75, 3.05) is 21.1 Å². The second kappa shape index (κ2) is 1.48. The molecule has 3 nitrogen and oxygen atoms in total. The van der Waals surface area contributed by atoms with Crippen LogP contribution in [0, 0.1) is 0 Å². The van der Waals surface area contributed by atoms with E-state index in [1.807, 2.05) is 0 Å². The van der Waals surface area contributed by atoms with E-state index in [1.54, 1.807) is 0 Å². The minimum atomic E-state index is -0.377. The summed E-state index contributed by atoms with van der Waals surface area (Å²) in [4.78, 5) is 0. The van der Waals surface area contributed by atoms with Gasteiger partial charge in [0.15, 0.2) is 0 Å². The van der Waals surface area contributed by atoms with Gasteiger partial charge in [0.25, 0.3) is 0 Å². The van der Waals surface area contributed by atoms with Crippen LogP contribution in [0.2, 0.25) is 0 Å². The topological polar surface area (TPSA) is 52.0 Å². The molecule has 1 aliphatic carbocycles. The molecule has 0 aliphatic heterocycles. The van der Waals surface area contributed by atoms with Crippen LogP contribution in [0.5, 0.6) is 0 Å². The fraction of sp³-hybridized carbons (Fsp3) is 1.00. The number of nitrogens with zero attached hydrogens (tertiary/aromatic N) is 1. The predicted molar refractivity (Wildman–Crippen MR) is 37.5 cm³/mol. The summed E-state index contributed by atoms with van der Waals surface area (Å²) >= 11 is 0. The third kappa shape index (κ3) is 1.23. The Labute approximate surface area is 56.2 Å². The van der Waals surface area contributed by atoms with Crippen LogP contribution in [0.15, 0.2) is 0 Å². The Hall–Kier alpha value is -0.120. The molecule has 3 heteroatoms. The molecule has 4 N–H and O–H groups in total. The first-order valence-electron chi connectivity index (χ1n) is 3.23. The Morgan fingerprint density at radius 2 is 1.67 bits per heavy atom. The van der Waals surface area contributed by atoms with E-state index < -0.39 is 0 Å². The van der Waals surface area contributed by atoms with Crippen molar-refractivity contribution in [2.24, 2.45) is 11.5 Å². The monoisotopic (exact) mass is 130 g/mol. The molecule has 0 aromatic carbocycles. The molecule has 1 atom stereocenters. The Morgan fingerprint density at radius 3 is 1.67 bits per heavy atom. The summed E-state index contributed by atoms with van der Waals surface area (Å²) < 4.78 is 0.882. The van der Waals surface area contributed by atoms with Crippen LogP contribution < -0.4 is 11.5 Å². The van der Waals surface area contributed by atoms with Crippen LogP contribution >= 0.6 is 0 Å². The quantitative estimate of drug-likeness (QED) is 0.356. The van der Waals surface area contributed by atoms with Gasteiger partial charge >= 0.3 is 0 Å². The zero-order chi connectivity index (χ0) is 7.28. The average Bonchev–Trinajstić information content (AvgIpc) is 2.10. The maximum absolute atomic E-state index is 5.66. The largest absolute Gasteiger partial charge is 0.326 e. The SMILES string of the molecule is C[N+](C)(C)C1CC1(N)N. The highest BCUT2D eigenvalue weighted by atomic mass is 15.4. The molecule has 1 unspecified atom stereocenters. The summed E-state index contributed by atoms with van der Waals surface area (Å²) in [5, 5.41) is 0. The summed E-state index contributed by atoms with van der Waals surface area (Å²) in [5.41, 5.74) is 10.9. The molecule has 1 saturated carbocycles. The molecule has 9 heavy (non-hydrogen) atoms. The molecule has 0 amide bonds. The molecular formula is C6H16N3+. The van der Waals surface area contributed by atoms with Crippen LogP contribution in [0.25, 0.3) is 0 Å². The zero-order valence-electron chi connectivity index (χ0n) is 6.39. The number of likely N-dealkylation sites (N-methyl/N-ethyl adjacent to an activating group) is 1. The molecule has 1 fully saturated rings. The standard InChI is InChI=1S/C6H16N3/c1-9(2,3)5-4-6(5,7)8/h5H,4,7-8H2,1-3H3/q+1. The van der Waals surface area contributed by atoms with Crippen molar-refractivity contribution in [1.29, 1.82) is 0 Å². The molecule has 0 heterocycles. The van der Waals surface area contributed by atoms with Gasteiger partial charge in [0, 0.05) is 6.42 Å². The lowest BCUT2D eigenvalue weighted by Crippen LogP contribution is -2.49. The van der Waals surface area contributed by atoms with Crippen molar-refractivity contribution in [1.82, 2.24) is 0 Å². The summed E-state index contributed by atoms with van der Waals surface area (Å²) in [6.45, 7) is 0. The summed E-state index contributed by atoms with van der Waals surface area (Å²) in [5.74, 6) is 0. The van der Waals surface area contributed by atoms with Gasteiger partial charge in [0.1, 0.15) is 11.7 Å². The van der Waals surface area contributed by atoms with E-state index in [2.05, 4.69) is 21.1 Å². The number of hydrogen-bond acceptors (Lipinski definition) is 2. The fourth-order valence-corrected chi connectivity index (χ4v) is 1.27. The summed E-state index contributed by atoms with van der Waals surface area (Å²) in [7, 11) is 6.35. The predicted octanol–water partition coefficient (Wildman–Crippen LogP) is -0.921. The lowest BCUT2D eigenvalue weighted by atomic mass is 10.4. The minimum Gasteiger partial charge on any atom is -0.326 e. The molecule has 0 bridgehead atoms. The highest BCUT2D eigenvalue weighted by molar-refractivity contribution is 5.04. The number of hydrogen-bond donors (Lipinski definition) is 2. The number of quaternary nitrogens is 1. The van der Waals surface area contributed by atoms with Crippen molar-refractivity contribution in [3.63, 3.8) is 0 Å². The molecule has 0 aromatic rings. The Bertz CT molecular complexity index is 123. The highest BCUT2D eigenvalue weighted by Gasteiger charge is 2.57. The van der Waals surface area contributed by atoms with Crippen molar-refractivity contribution < 1.29 is 4.48 Å². The zero-order valence-corrected chi connectivity index (χ0v) is 6.39. The third-order valence-corrected chi connectivity index (χ3v) is 1.94. The normalized spacial score (nSPS) is 32.3. The minimum absolute atomic E-state index is 0.377. The van der Waals surface area contributed by atoms with Crippen LogP contribution in [0.1, 0.15) is 6.42 Å². The van der Waals surface area contributed by atoms with E-state index in [0.29, 0.717) is 6.04 Å². The lowest BCUT2D eigenvalue weighted by Gasteiger charge is -2.25. The molecule has 0 radical (unpaired) electrons. The van der Waals surface area contributed by atoms with Gasteiger partial charge in [-0.2, -0.15) is 0 Å². The maximum atomic E-state index is 5.66. The summed E-state index contributed by atoms with van der Waals surface area (Å²) in [6, 6.07) is 0.456. The smallest absolute Gasteiger partial charge is 0.123 e. The van der Waals surface area contributed by atoms with E-state index in [9.17, 15) is 0 Å². The summed E-state index contributed by atoms with van der Waals surface area (Å²) in [6.07, 6.45) is 0.955. The first-order chi connectivity index (χ1) is 3.84. The molecule has 0 aromatic heterocycles. The third-order valence-electron chi connectivity index (χ3n) is 1.94. The molecule has 1 rings (SSSR count). The van der Waals surface area contributed by atoms with Crippen molar-refractivity contribution in [3.05, 3.63) is 0 Å². The van der Waals surface area contributed by atoms with Gasteiger partial charge in [-0.1, -0.05) is 0 Å². The van der Waals surface area contributed by atoms with Crippen molar-refractivity contribution in [2.45, 2.75) is 18.1 Å². The van der Waals surface area contributed by atoms with E-state index in [1.165, 1.54) is 0 Å². The van der Waals surface area contributed by atoms with Crippen molar-refractivity contribution >= 4 is 0 Å². The van der Waals surface area contributed by atoms with Gasteiger partial charge in [0.2, 0.25) is 0 Å². The van der Waals surface area contributed by atoms with Gasteiger partial charge in [-0.05, 0) is 0 Å². The van der Waals surface area contributed by atoms with Gasteiger partial charge < -0.3 is 16.0 Å². The van der Waals surface area contributed by atoms with Gasteiger partial charge in [-0.15, -0.1) is 0 Å². The number of rotatable bonds is 1. The van der Waals surface area contributed by atoms with E-state index in [0.717, 1.165) is 10.9 Å². The van der Waals surface area contributed by atoms with Crippen LogP contribution in [-0.2, 0) is 0 Å². The highest BCUT2D eigenvalue weighted by Crippen LogP contribution is 2.34. The average molecular weight is 130 g/mol. The second-order valence-corrected chi connectivity index (χ2v) is 3.95. The molecule has 0 spiro atoms. The fourth-order valence-electron chi connectivity index (χ4n) is 1.27. The van der Waals surface area contributed by atoms with E-state index >= 15 is 0 Å². The Balaban J connectivity index is 2.52. The second-order valence-electron chi connectivity index (χ2n) is 3.95. The molecular weight excluding hydrogens is 114 g/mol. The van der Waals surface area contributed by atoms with Crippen molar-refractivity contribution in [3.8, 4) is 0 Å². The van der Waals surface area contributed by atoms with Crippen LogP contribution in [0.4, 0.5) is 0 Å². The molecule has 0 saturated heterocycles. The number of nitrogens with two attached hydrogens (primary N) is 2. The lowest BCUT2D eigenvalue weighted by molar-refractivity contribution is -0.883. The van der Waals surface area contributed by atoms with E-state index in [-0.39, 0.29) is 5.66 Å². The molecule has 1 aliphatic rings. The Kier molecular flexibility index (Phi) is 1.15. The first-order valence-corrected chi connectivity index (χ1v) is 3.23. The van der Waals surface area contributed by atoms with Gasteiger partial charge in [0.05, 0.1) is 21.1 Å². The van der Waals surface area contributed by atoms with E-state index in [4.69, 9.17) is 11.5 Å². The Morgan fingerprint density at radius 1 is 1.33 bits per heavy atom. The molecule has 54 valence electrons. The first kappa shape index (κ1) is 6.99.